The van der Waals surface area contributed by atoms with Crippen LogP contribution in [0.3, 0.4) is 0 Å². The standard InChI is InChI=1S/C13H18ClNO4/c1-13(2,12(16)17)7-19-11-9(14)4-8(6-15)5-10(11)18-3/h4-5H,6-7,15H2,1-3H3,(H,16,17). The van der Waals surface area contributed by atoms with Crippen LogP contribution >= 0.6 is 11.6 Å². The quantitative estimate of drug-likeness (QED) is 0.839. The highest BCUT2D eigenvalue weighted by atomic mass is 35.5. The Kier molecular flexibility index (Phi) is 5.03. The summed E-state index contributed by atoms with van der Waals surface area (Å²) in [5.74, 6) is -0.175. The van der Waals surface area contributed by atoms with Gasteiger partial charge in [0, 0.05) is 6.54 Å². The van der Waals surface area contributed by atoms with Crippen molar-refractivity contribution in [3.05, 3.63) is 22.7 Å². The number of hydrogen-bond acceptors (Lipinski definition) is 4. The van der Waals surface area contributed by atoms with Crippen LogP contribution in [0.5, 0.6) is 11.5 Å². The SMILES string of the molecule is COc1cc(CN)cc(Cl)c1OCC(C)(C)C(=O)O. The molecule has 1 aromatic carbocycles. The molecule has 0 aromatic heterocycles. The Morgan fingerprint density at radius 1 is 1.47 bits per heavy atom. The summed E-state index contributed by atoms with van der Waals surface area (Å²) in [5, 5.41) is 9.38. The highest BCUT2D eigenvalue weighted by Gasteiger charge is 2.29. The second kappa shape index (κ2) is 6.12. The molecule has 5 nitrogen and oxygen atoms in total. The zero-order chi connectivity index (χ0) is 14.6. The van der Waals surface area contributed by atoms with E-state index in [0.717, 1.165) is 5.56 Å². The highest BCUT2D eigenvalue weighted by Crippen LogP contribution is 2.37. The van der Waals surface area contributed by atoms with Crippen molar-refractivity contribution in [1.82, 2.24) is 0 Å². The maximum atomic E-state index is 11.0. The van der Waals surface area contributed by atoms with Gasteiger partial charge in [0.1, 0.15) is 6.61 Å². The predicted molar refractivity (Wildman–Crippen MR) is 72.8 cm³/mol. The van der Waals surface area contributed by atoms with Crippen LogP contribution in [-0.4, -0.2) is 24.8 Å². The molecule has 0 saturated carbocycles. The van der Waals surface area contributed by atoms with E-state index in [4.69, 9.17) is 31.9 Å². The number of carboxylic acid groups (broad SMARTS) is 1. The van der Waals surface area contributed by atoms with Crippen molar-refractivity contribution in [2.45, 2.75) is 20.4 Å². The maximum absolute atomic E-state index is 11.0. The molecule has 0 unspecified atom stereocenters. The summed E-state index contributed by atoms with van der Waals surface area (Å²) < 4.78 is 10.7. The Morgan fingerprint density at radius 3 is 2.58 bits per heavy atom. The Bertz CT molecular complexity index is 474. The van der Waals surface area contributed by atoms with Crippen LogP contribution in [0.15, 0.2) is 12.1 Å². The van der Waals surface area contributed by atoms with Crippen molar-refractivity contribution in [2.75, 3.05) is 13.7 Å². The molecule has 0 aliphatic heterocycles. The second-order valence-corrected chi connectivity index (χ2v) is 5.20. The molecule has 0 atom stereocenters. The molecule has 0 aliphatic rings. The Balaban J connectivity index is 2.98. The number of methoxy groups -OCH3 is 1. The van der Waals surface area contributed by atoms with Gasteiger partial charge in [-0.25, -0.2) is 0 Å². The van der Waals surface area contributed by atoms with Crippen LogP contribution in [0, 0.1) is 5.41 Å². The molecule has 3 N–H and O–H groups in total. The van der Waals surface area contributed by atoms with Crippen LogP contribution < -0.4 is 15.2 Å². The van der Waals surface area contributed by atoms with Gasteiger partial charge in [-0.05, 0) is 31.5 Å². The summed E-state index contributed by atoms with van der Waals surface area (Å²) in [6, 6.07) is 3.39. The molecule has 0 fully saturated rings. The topological polar surface area (TPSA) is 81.8 Å². The lowest BCUT2D eigenvalue weighted by Crippen LogP contribution is -2.30. The van der Waals surface area contributed by atoms with Crippen LogP contribution in [-0.2, 0) is 11.3 Å². The number of benzene rings is 1. The van der Waals surface area contributed by atoms with E-state index in [1.54, 1.807) is 26.0 Å². The van der Waals surface area contributed by atoms with E-state index in [1.165, 1.54) is 7.11 Å². The highest BCUT2D eigenvalue weighted by molar-refractivity contribution is 6.32. The average Bonchev–Trinajstić information content (AvgIpc) is 2.36. The number of halogens is 1. The van der Waals surface area contributed by atoms with E-state index >= 15 is 0 Å². The summed E-state index contributed by atoms with van der Waals surface area (Å²) in [7, 11) is 1.49. The van der Waals surface area contributed by atoms with Gasteiger partial charge in [-0.1, -0.05) is 11.6 Å². The number of carboxylic acids is 1. The molecule has 19 heavy (non-hydrogen) atoms. The van der Waals surface area contributed by atoms with Gasteiger partial charge in [0.05, 0.1) is 17.5 Å². The Hall–Kier alpha value is -1.46. The summed E-state index contributed by atoms with van der Waals surface area (Å²) in [6.45, 7) is 3.46. The number of hydrogen-bond donors (Lipinski definition) is 2. The molecule has 0 bridgehead atoms. The minimum absolute atomic E-state index is 0.0135. The van der Waals surface area contributed by atoms with Crippen molar-refractivity contribution < 1.29 is 19.4 Å². The number of nitrogens with two attached hydrogens (primary N) is 1. The third kappa shape index (κ3) is 3.75. The summed E-state index contributed by atoms with van der Waals surface area (Å²) in [5.41, 5.74) is 5.34. The normalized spacial score (nSPS) is 11.2. The van der Waals surface area contributed by atoms with Crippen LogP contribution in [0.4, 0.5) is 0 Å². The summed E-state index contributed by atoms with van der Waals surface area (Å²) >= 11 is 6.09. The number of ether oxygens (including phenoxy) is 2. The van der Waals surface area contributed by atoms with Crippen molar-refractivity contribution in [3.63, 3.8) is 0 Å². The minimum Gasteiger partial charge on any atom is -0.493 e. The van der Waals surface area contributed by atoms with Gasteiger partial charge in [-0.15, -0.1) is 0 Å². The fourth-order valence-corrected chi connectivity index (χ4v) is 1.63. The average molecular weight is 288 g/mol. The molecular weight excluding hydrogens is 270 g/mol. The molecule has 0 aliphatic carbocycles. The lowest BCUT2D eigenvalue weighted by Gasteiger charge is -2.21. The number of aliphatic carboxylic acids is 1. The van der Waals surface area contributed by atoms with Crippen molar-refractivity contribution in [2.24, 2.45) is 11.1 Å². The van der Waals surface area contributed by atoms with E-state index in [2.05, 4.69) is 0 Å². The fourth-order valence-electron chi connectivity index (χ4n) is 1.35. The van der Waals surface area contributed by atoms with Gasteiger partial charge in [0.25, 0.3) is 0 Å². The minimum atomic E-state index is -1.01. The maximum Gasteiger partial charge on any atom is 0.312 e. The molecule has 0 amide bonds. The second-order valence-electron chi connectivity index (χ2n) is 4.79. The van der Waals surface area contributed by atoms with Crippen molar-refractivity contribution >= 4 is 17.6 Å². The molecule has 0 saturated heterocycles. The van der Waals surface area contributed by atoms with Gasteiger partial charge in [-0.2, -0.15) is 0 Å². The zero-order valence-corrected chi connectivity index (χ0v) is 12.0. The molecule has 1 aromatic rings. The van der Waals surface area contributed by atoms with Crippen LogP contribution in [0.25, 0.3) is 0 Å². The Morgan fingerprint density at radius 2 is 2.11 bits per heavy atom. The summed E-state index contributed by atoms with van der Waals surface area (Å²) in [4.78, 5) is 11.0. The van der Waals surface area contributed by atoms with Crippen molar-refractivity contribution in [3.8, 4) is 11.5 Å². The van der Waals surface area contributed by atoms with Crippen LogP contribution in [0.1, 0.15) is 19.4 Å². The number of rotatable bonds is 6. The lowest BCUT2D eigenvalue weighted by molar-refractivity contribution is -0.148. The van der Waals surface area contributed by atoms with E-state index in [-0.39, 0.29) is 6.61 Å². The third-order valence-electron chi connectivity index (χ3n) is 2.68. The zero-order valence-electron chi connectivity index (χ0n) is 11.2. The first-order chi connectivity index (χ1) is 8.81. The largest absolute Gasteiger partial charge is 0.493 e. The van der Waals surface area contributed by atoms with Crippen LogP contribution in [0.2, 0.25) is 5.02 Å². The molecular formula is C13H18ClNO4. The molecule has 6 heteroatoms. The molecule has 0 spiro atoms. The van der Waals surface area contributed by atoms with E-state index in [0.29, 0.717) is 23.1 Å². The lowest BCUT2D eigenvalue weighted by atomic mass is 9.95. The third-order valence-corrected chi connectivity index (χ3v) is 2.96. The molecule has 1 rings (SSSR count). The Labute approximate surface area is 117 Å². The van der Waals surface area contributed by atoms with E-state index in [9.17, 15) is 4.79 Å². The van der Waals surface area contributed by atoms with E-state index < -0.39 is 11.4 Å². The first-order valence-electron chi connectivity index (χ1n) is 5.74. The predicted octanol–water partition coefficient (Wildman–Crippen LogP) is 2.30. The van der Waals surface area contributed by atoms with Gasteiger partial charge in [-0.3, -0.25) is 4.79 Å². The first kappa shape index (κ1) is 15.6. The van der Waals surface area contributed by atoms with Gasteiger partial charge in [0.15, 0.2) is 11.5 Å². The monoisotopic (exact) mass is 287 g/mol. The van der Waals surface area contributed by atoms with Gasteiger partial charge >= 0.3 is 5.97 Å². The summed E-state index contributed by atoms with van der Waals surface area (Å²) in [6.07, 6.45) is 0. The first-order valence-corrected chi connectivity index (χ1v) is 6.12. The number of carbonyl (C=O) groups is 1. The van der Waals surface area contributed by atoms with Gasteiger partial charge < -0.3 is 20.3 Å². The smallest absolute Gasteiger partial charge is 0.312 e. The molecule has 0 radical (unpaired) electrons. The van der Waals surface area contributed by atoms with Crippen molar-refractivity contribution in [1.29, 1.82) is 0 Å². The van der Waals surface area contributed by atoms with Gasteiger partial charge in [0.2, 0.25) is 0 Å². The fraction of sp³-hybridized carbons (Fsp3) is 0.462. The molecule has 0 heterocycles. The molecule has 106 valence electrons. The van der Waals surface area contributed by atoms with E-state index in [1.807, 2.05) is 0 Å².